The van der Waals surface area contributed by atoms with Crippen molar-refractivity contribution < 1.29 is 0 Å². The minimum atomic E-state index is 0.243. The van der Waals surface area contributed by atoms with Gasteiger partial charge in [0.25, 0.3) is 0 Å². The number of nitrogens with two attached hydrogens (primary N) is 1. The summed E-state index contributed by atoms with van der Waals surface area (Å²) < 4.78 is 0. The summed E-state index contributed by atoms with van der Waals surface area (Å²) in [5.41, 5.74) is 7.78. The molecule has 16 heavy (non-hydrogen) atoms. The van der Waals surface area contributed by atoms with E-state index in [1.165, 1.54) is 5.56 Å². The molecule has 1 heterocycles. The van der Waals surface area contributed by atoms with E-state index in [4.69, 9.17) is 5.73 Å². The van der Waals surface area contributed by atoms with Gasteiger partial charge in [-0.05, 0) is 17.4 Å². The molecule has 88 valence electrons. The molecule has 2 N–H and O–H groups in total. The number of likely N-dealkylation sites (tertiary alicyclic amines) is 1. The van der Waals surface area contributed by atoms with Crippen LogP contribution in [0.3, 0.4) is 0 Å². The Balaban J connectivity index is 1.97. The lowest BCUT2D eigenvalue weighted by Crippen LogP contribution is -2.52. The summed E-state index contributed by atoms with van der Waals surface area (Å²) in [6.45, 7) is 7.82. The summed E-state index contributed by atoms with van der Waals surface area (Å²) in [6.07, 6.45) is 1.11. The number of hydrogen-bond acceptors (Lipinski definition) is 2. The van der Waals surface area contributed by atoms with Gasteiger partial charge in [0.1, 0.15) is 0 Å². The Bertz CT molecular complexity index is 332. The molecule has 1 aliphatic heterocycles. The van der Waals surface area contributed by atoms with Gasteiger partial charge in [0, 0.05) is 25.7 Å². The van der Waals surface area contributed by atoms with E-state index in [1.54, 1.807) is 0 Å². The minimum Gasteiger partial charge on any atom is -0.327 e. The smallest absolute Gasteiger partial charge is 0.0233 e. The predicted octanol–water partition coefficient (Wildman–Crippen LogP) is 2.25. The standard InChI is InChI=1S/C14H22N2/c1-14(2)11-16(9-8-13(14)15)10-12-6-4-3-5-7-12/h3-7,13H,8-11,15H2,1-2H3/t13-/m0/s1. The Morgan fingerprint density at radius 1 is 1.31 bits per heavy atom. The highest BCUT2D eigenvalue weighted by Crippen LogP contribution is 2.28. The fraction of sp³-hybridized carbons (Fsp3) is 0.571. The third-order valence-electron chi connectivity index (χ3n) is 3.64. The van der Waals surface area contributed by atoms with Crippen LogP contribution in [0.2, 0.25) is 0 Å². The highest BCUT2D eigenvalue weighted by atomic mass is 15.1. The molecule has 1 fully saturated rings. The third kappa shape index (κ3) is 2.63. The Labute approximate surface area is 98.4 Å². The Morgan fingerprint density at radius 2 is 2.00 bits per heavy atom. The van der Waals surface area contributed by atoms with Crippen molar-refractivity contribution in [2.24, 2.45) is 11.1 Å². The van der Waals surface area contributed by atoms with E-state index in [2.05, 4.69) is 49.1 Å². The van der Waals surface area contributed by atoms with Gasteiger partial charge in [-0.1, -0.05) is 44.2 Å². The maximum atomic E-state index is 6.14. The van der Waals surface area contributed by atoms with Crippen molar-refractivity contribution in [3.8, 4) is 0 Å². The zero-order chi connectivity index (χ0) is 11.6. The summed E-state index contributed by atoms with van der Waals surface area (Å²) in [6, 6.07) is 11.0. The SMILES string of the molecule is CC1(C)CN(Cc2ccccc2)CC[C@@H]1N. The van der Waals surface area contributed by atoms with E-state index in [0.717, 1.165) is 26.1 Å². The molecule has 0 spiro atoms. The van der Waals surface area contributed by atoms with Crippen LogP contribution in [-0.4, -0.2) is 24.0 Å². The van der Waals surface area contributed by atoms with E-state index in [0.29, 0.717) is 6.04 Å². The normalized spacial score (nSPS) is 25.6. The van der Waals surface area contributed by atoms with Crippen LogP contribution in [0, 0.1) is 5.41 Å². The fourth-order valence-electron chi connectivity index (χ4n) is 2.46. The predicted molar refractivity (Wildman–Crippen MR) is 68.1 cm³/mol. The highest BCUT2D eigenvalue weighted by Gasteiger charge is 2.33. The second-order valence-electron chi connectivity index (χ2n) is 5.58. The van der Waals surface area contributed by atoms with E-state index in [9.17, 15) is 0 Å². The summed E-state index contributed by atoms with van der Waals surface area (Å²) in [5, 5.41) is 0. The molecule has 1 aromatic carbocycles. The lowest BCUT2D eigenvalue weighted by atomic mass is 9.79. The van der Waals surface area contributed by atoms with Gasteiger partial charge in [0.05, 0.1) is 0 Å². The molecule has 1 aliphatic rings. The van der Waals surface area contributed by atoms with E-state index < -0.39 is 0 Å². The van der Waals surface area contributed by atoms with Crippen LogP contribution in [0.15, 0.2) is 30.3 Å². The monoisotopic (exact) mass is 218 g/mol. The van der Waals surface area contributed by atoms with Crippen molar-refractivity contribution in [3.63, 3.8) is 0 Å². The number of hydrogen-bond donors (Lipinski definition) is 1. The van der Waals surface area contributed by atoms with Crippen LogP contribution < -0.4 is 5.73 Å². The molecule has 0 radical (unpaired) electrons. The van der Waals surface area contributed by atoms with Gasteiger partial charge in [0.2, 0.25) is 0 Å². The second-order valence-corrected chi connectivity index (χ2v) is 5.58. The van der Waals surface area contributed by atoms with Gasteiger partial charge in [-0.2, -0.15) is 0 Å². The molecule has 0 unspecified atom stereocenters. The molecular formula is C14H22N2. The van der Waals surface area contributed by atoms with E-state index in [1.807, 2.05) is 0 Å². The van der Waals surface area contributed by atoms with E-state index in [-0.39, 0.29) is 5.41 Å². The minimum absolute atomic E-state index is 0.243. The van der Waals surface area contributed by atoms with Crippen LogP contribution in [0.5, 0.6) is 0 Å². The summed E-state index contributed by atoms with van der Waals surface area (Å²) in [5.74, 6) is 0. The molecule has 1 aromatic rings. The first-order valence-corrected chi connectivity index (χ1v) is 6.10. The zero-order valence-corrected chi connectivity index (χ0v) is 10.3. The number of benzene rings is 1. The van der Waals surface area contributed by atoms with Gasteiger partial charge in [-0.3, -0.25) is 4.90 Å². The molecular weight excluding hydrogens is 196 g/mol. The second kappa shape index (κ2) is 4.56. The third-order valence-corrected chi connectivity index (χ3v) is 3.64. The van der Waals surface area contributed by atoms with Crippen LogP contribution in [0.25, 0.3) is 0 Å². The average Bonchev–Trinajstić information content (AvgIpc) is 2.25. The molecule has 1 atom stereocenters. The number of piperidine rings is 1. The lowest BCUT2D eigenvalue weighted by molar-refractivity contribution is 0.0899. The van der Waals surface area contributed by atoms with Crippen LogP contribution in [-0.2, 0) is 6.54 Å². The zero-order valence-electron chi connectivity index (χ0n) is 10.3. The first kappa shape index (κ1) is 11.6. The van der Waals surface area contributed by atoms with Gasteiger partial charge >= 0.3 is 0 Å². The maximum Gasteiger partial charge on any atom is 0.0233 e. The first-order valence-electron chi connectivity index (χ1n) is 6.10. The summed E-state index contributed by atoms with van der Waals surface area (Å²) in [4.78, 5) is 2.51. The molecule has 0 aromatic heterocycles. The summed E-state index contributed by atoms with van der Waals surface area (Å²) in [7, 11) is 0. The fourth-order valence-corrected chi connectivity index (χ4v) is 2.46. The molecule has 2 heteroatoms. The van der Waals surface area contributed by atoms with Crippen LogP contribution in [0.4, 0.5) is 0 Å². The molecule has 0 aliphatic carbocycles. The van der Waals surface area contributed by atoms with Crippen molar-refractivity contribution in [3.05, 3.63) is 35.9 Å². The molecule has 0 amide bonds. The van der Waals surface area contributed by atoms with Gasteiger partial charge in [-0.25, -0.2) is 0 Å². The van der Waals surface area contributed by atoms with Gasteiger partial charge in [-0.15, -0.1) is 0 Å². The quantitative estimate of drug-likeness (QED) is 0.825. The highest BCUT2D eigenvalue weighted by molar-refractivity contribution is 5.14. The largest absolute Gasteiger partial charge is 0.327 e. The Morgan fingerprint density at radius 3 is 2.62 bits per heavy atom. The lowest BCUT2D eigenvalue weighted by Gasteiger charge is -2.42. The average molecular weight is 218 g/mol. The molecule has 0 bridgehead atoms. The molecule has 2 nitrogen and oxygen atoms in total. The molecule has 2 rings (SSSR count). The number of rotatable bonds is 2. The summed E-state index contributed by atoms with van der Waals surface area (Å²) >= 11 is 0. The number of nitrogens with zero attached hydrogens (tertiary/aromatic N) is 1. The van der Waals surface area contributed by atoms with Gasteiger partial charge < -0.3 is 5.73 Å². The van der Waals surface area contributed by atoms with Crippen molar-refractivity contribution in [2.45, 2.75) is 32.9 Å². The van der Waals surface area contributed by atoms with E-state index >= 15 is 0 Å². The van der Waals surface area contributed by atoms with Crippen molar-refractivity contribution in [1.82, 2.24) is 4.90 Å². The Kier molecular flexibility index (Phi) is 3.31. The Hall–Kier alpha value is -0.860. The molecule has 1 saturated heterocycles. The van der Waals surface area contributed by atoms with Crippen LogP contribution >= 0.6 is 0 Å². The first-order chi connectivity index (χ1) is 7.58. The van der Waals surface area contributed by atoms with Crippen molar-refractivity contribution in [2.75, 3.05) is 13.1 Å². The topological polar surface area (TPSA) is 29.3 Å². The van der Waals surface area contributed by atoms with Crippen LogP contribution in [0.1, 0.15) is 25.8 Å². The van der Waals surface area contributed by atoms with Gasteiger partial charge in [0.15, 0.2) is 0 Å². The maximum absolute atomic E-state index is 6.14. The van der Waals surface area contributed by atoms with Crippen molar-refractivity contribution in [1.29, 1.82) is 0 Å². The molecule has 0 saturated carbocycles. The van der Waals surface area contributed by atoms with Crippen molar-refractivity contribution >= 4 is 0 Å².